The third kappa shape index (κ3) is 3.27. The van der Waals surface area contributed by atoms with Crippen molar-refractivity contribution in [2.45, 2.75) is 19.4 Å². The number of hydrogen-bond donors (Lipinski definition) is 1. The Morgan fingerprint density at radius 2 is 2.16 bits per heavy atom. The fourth-order valence-electron chi connectivity index (χ4n) is 1.87. The van der Waals surface area contributed by atoms with Crippen LogP contribution in [-0.4, -0.2) is 26.2 Å². The van der Waals surface area contributed by atoms with Gasteiger partial charge < -0.3 is 9.47 Å². The van der Waals surface area contributed by atoms with E-state index in [4.69, 9.17) is 15.9 Å². The molecule has 4 nitrogen and oxygen atoms in total. The van der Waals surface area contributed by atoms with Crippen molar-refractivity contribution in [3.8, 4) is 18.1 Å². The molecule has 1 aromatic carbocycles. The van der Waals surface area contributed by atoms with Crippen LogP contribution in [0.4, 0.5) is 0 Å². The topological polar surface area (TPSA) is 47.6 Å². The van der Waals surface area contributed by atoms with E-state index in [-0.39, 0.29) is 6.54 Å². The number of ether oxygens (including phenoxy) is 2. The zero-order chi connectivity index (χ0) is 14.3. The van der Waals surface area contributed by atoms with Crippen molar-refractivity contribution in [2.24, 2.45) is 0 Å². The SMILES string of the molecule is C#CCNC(C)(C(=O)OC)c1ccccc1OCC. The molecule has 0 radical (unpaired) electrons. The third-order valence-corrected chi connectivity index (χ3v) is 2.86. The van der Waals surface area contributed by atoms with E-state index in [1.807, 2.05) is 31.2 Å². The van der Waals surface area contributed by atoms with Gasteiger partial charge in [0, 0.05) is 5.56 Å². The van der Waals surface area contributed by atoms with Crippen LogP contribution in [0.2, 0.25) is 0 Å². The predicted octanol–water partition coefficient (Wildman–Crippen LogP) is 1.70. The van der Waals surface area contributed by atoms with Gasteiger partial charge in [-0.15, -0.1) is 6.42 Å². The lowest BCUT2D eigenvalue weighted by molar-refractivity contribution is -0.148. The average molecular weight is 261 g/mol. The molecular weight excluding hydrogens is 242 g/mol. The molecule has 19 heavy (non-hydrogen) atoms. The summed E-state index contributed by atoms with van der Waals surface area (Å²) in [4.78, 5) is 12.1. The zero-order valence-electron chi connectivity index (χ0n) is 11.5. The van der Waals surface area contributed by atoms with Crippen molar-refractivity contribution in [1.82, 2.24) is 5.32 Å². The Labute approximate surface area is 114 Å². The normalized spacial score (nSPS) is 13.2. The molecule has 1 N–H and O–H groups in total. The van der Waals surface area contributed by atoms with E-state index in [1.54, 1.807) is 6.92 Å². The predicted molar refractivity (Wildman–Crippen MR) is 73.8 cm³/mol. The highest BCUT2D eigenvalue weighted by Crippen LogP contribution is 2.30. The second-order valence-corrected chi connectivity index (χ2v) is 4.10. The van der Waals surface area contributed by atoms with Gasteiger partial charge in [-0.25, -0.2) is 4.79 Å². The third-order valence-electron chi connectivity index (χ3n) is 2.86. The maximum Gasteiger partial charge on any atom is 0.330 e. The Hall–Kier alpha value is -1.99. The molecule has 0 aliphatic carbocycles. The van der Waals surface area contributed by atoms with Gasteiger partial charge in [0.05, 0.1) is 20.3 Å². The molecule has 1 unspecified atom stereocenters. The molecule has 0 aromatic heterocycles. The summed E-state index contributed by atoms with van der Waals surface area (Å²) in [5.41, 5.74) is -0.327. The molecular formula is C15H19NO3. The smallest absolute Gasteiger partial charge is 0.330 e. The number of para-hydroxylation sites is 1. The van der Waals surface area contributed by atoms with Gasteiger partial charge in [-0.3, -0.25) is 5.32 Å². The van der Waals surface area contributed by atoms with Gasteiger partial charge in [0.15, 0.2) is 0 Å². The highest BCUT2D eigenvalue weighted by Gasteiger charge is 2.38. The molecule has 102 valence electrons. The summed E-state index contributed by atoms with van der Waals surface area (Å²) in [6.07, 6.45) is 5.26. The first kappa shape index (κ1) is 15.1. The number of benzene rings is 1. The van der Waals surface area contributed by atoms with Gasteiger partial charge in [-0.05, 0) is 19.9 Å². The van der Waals surface area contributed by atoms with Gasteiger partial charge in [0.1, 0.15) is 11.3 Å². The first-order valence-electron chi connectivity index (χ1n) is 6.09. The lowest BCUT2D eigenvalue weighted by Crippen LogP contribution is -2.47. The molecule has 1 aromatic rings. The zero-order valence-corrected chi connectivity index (χ0v) is 11.5. The van der Waals surface area contributed by atoms with Gasteiger partial charge in [-0.1, -0.05) is 24.1 Å². The number of nitrogens with one attached hydrogen (secondary N) is 1. The molecule has 0 spiro atoms. The molecule has 0 saturated carbocycles. The fraction of sp³-hybridized carbons (Fsp3) is 0.400. The molecule has 0 heterocycles. The Morgan fingerprint density at radius 3 is 2.74 bits per heavy atom. The van der Waals surface area contributed by atoms with E-state index in [9.17, 15) is 4.79 Å². The molecule has 1 rings (SSSR count). The lowest BCUT2D eigenvalue weighted by Gasteiger charge is -2.29. The highest BCUT2D eigenvalue weighted by molar-refractivity contribution is 5.83. The molecule has 4 heteroatoms. The molecule has 0 fully saturated rings. The Kier molecular flexibility index (Phi) is 5.40. The van der Waals surface area contributed by atoms with E-state index < -0.39 is 11.5 Å². The number of carbonyl (C=O) groups is 1. The van der Waals surface area contributed by atoms with Crippen molar-refractivity contribution < 1.29 is 14.3 Å². The minimum atomic E-state index is -1.03. The van der Waals surface area contributed by atoms with E-state index in [2.05, 4.69) is 11.2 Å². The van der Waals surface area contributed by atoms with Gasteiger partial charge in [0.25, 0.3) is 0 Å². The maximum atomic E-state index is 12.1. The summed E-state index contributed by atoms with van der Waals surface area (Å²) in [5.74, 6) is 2.70. The van der Waals surface area contributed by atoms with Crippen molar-refractivity contribution >= 4 is 5.97 Å². The second kappa shape index (κ2) is 6.81. The van der Waals surface area contributed by atoms with Gasteiger partial charge >= 0.3 is 5.97 Å². The first-order chi connectivity index (χ1) is 9.10. The molecule has 1 atom stereocenters. The molecule has 0 saturated heterocycles. The second-order valence-electron chi connectivity index (χ2n) is 4.10. The molecule has 0 amide bonds. The molecule has 0 aliphatic rings. The standard InChI is InChI=1S/C15H19NO3/c1-5-11-16-15(3,14(17)18-4)12-9-7-8-10-13(12)19-6-2/h1,7-10,16H,6,11H2,2-4H3. The minimum absolute atomic E-state index is 0.256. The number of hydrogen-bond acceptors (Lipinski definition) is 4. The van der Waals surface area contributed by atoms with Crippen LogP contribution in [0.15, 0.2) is 24.3 Å². The lowest BCUT2D eigenvalue weighted by atomic mass is 9.91. The summed E-state index contributed by atoms with van der Waals surface area (Å²) in [5, 5.41) is 3.02. The molecule has 0 aliphatic heterocycles. The number of terminal acetylenes is 1. The Balaban J connectivity index is 3.24. The summed E-state index contributed by atoms with van der Waals surface area (Å²) in [7, 11) is 1.35. The number of carbonyl (C=O) groups excluding carboxylic acids is 1. The van der Waals surface area contributed by atoms with Crippen molar-refractivity contribution in [3.63, 3.8) is 0 Å². The van der Waals surface area contributed by atoms with E-state index in [0.29, 0.717) is 17.9 Å². The Morgan fingerprint density at radius 1 is 1.47 bits per heavy atom. The number of methoxy groups -OCH3 is 1. The first-order valence-corrected chi connectivity index (χ1v) is 6.09. The Bertz CT molecular complexity index is 479. The van der Waals surface area contributed by atoms with Crippen molar-refractivity contribution in [3.05, 3.63) is 29.8 Å². The van der Waals surface area contributed by atoms with E-state index in [0.717, 1.165) is 0 Å². The van der Waals surface area contributed by atoms with Crippen LogP contribution in [0.3, 0.4) is 0 Å². The summed E-state index contributed by atoms with van der Waals surface area (Å²) in [6.45, 7) is 4.39. The van der Waals surface area contributed by atoms with Crippen molar-refractivity contribution in [2.75, 3.05) is 20.3 Å². The van der Waals surface area contributed by atoms with Gasteiger partial charge in [-0.2, -0.15) is 0 Å². The highest BCUT2D eigenvalue weighted by atomic mass is 16.5. The van der Waals surface area contributed by atoms with Crippen LogP contribution in [0.25, 0.3) is 0 Å². The molecule has 0 bridgehead atoms. The van der Waals surface area contributed by atoms with E-state index >= 15 is 0 Å². The maximum absolute atomic E-state index is 12.1. The van der Waals surface area contributed by atoms with Crippen LogP contribution >= 0.6 is 0 Å². The van der Waals surface area contributed by atoms with Crippen LogP contribution in [0, 0.1) is 12.3 Å². The van der Waals surface area contributed by atoms with Crippen LogP contribution in [0.1, 0.15) is 19.4 Å². The number of esters is 1. The van der Waals surface area contributed by atoms with Crippen molar-refractivity contribution in [1.29, 1.82) is 0 Å². The quantitative estimate of drug-likeness (QED) is 0.625. The van der Waals surface area contributed by atoms with Crippen LogP contribution in [0.5, 0.6) is 5.75 Å². The average Bonchev–Trinajstić information content (AvgIpc) is 2.44. The van der Waals surface area contributed by atoms with Gasteiger partial charge in [0.2, 0.25) is 0 Å². The van der Waals surface area contributed by atoms with E-state index in [1.165, 1.54) is 7.11 Å². The van der Waals surface area contributed by atoms with Crippen LogP contribution < -0.4 is 10.1 Å². The van der Waals surface area contributed by atoms with Crippen LogP contribution in [-0.2, 0) is 15.1 Å². The summed E-state index contributed by atoms with van der Waals surface area (Å²) >= 11 is 0. The monoisotopic (exact) mass is 261 g/mol. The largest absolute Gasteiger partial charge is 0.494 e. The fourth-order valence-corrected chi connectivity index (χ4v) is 1.87. The minimum Gasteiger partial charge on any atom is -0.494 e. The summed E-state index contributed by atoms with van der Waals surface area (Å²) in [6, 6.07) is 7.34. The number of rotatable bonds is 6. The summed E-state index contributed by atoms with van der Waals surface area (Å²) < 4.78 is 10.4.